The van der Waals surface area contributed by atoms with Gasteiger partial charge in [0.05, 0.1) is 30.4 Å². The summed E-state index contributed by atoms with van der Waals surface area (Å²) in [5.41, 5.74) is 2.68. The molecule has 0 aromatic heterocycles. The van der Waals surface area contributed by atoms with Crippen molar-refractivity contribution in [3.8, 4) is 5.75 Å². The van der Waals surface area contributed by atoms with Crippen LogP contribution < -0.4 is 10.1 Å². The number of rotatable bonds is 13. The minimum absolute atomic E-state index is 0.0718. The molecule has 1 atom stereocenters. The van der Waals surface area contributed by atoms with E-state index in [4.69, 9.17) is 14.5 Å². The number of hydrogen-bond donors (Lipinski definition) is 1. The van der Waals surface area contributed by atoms with Gasteiger partial charge in [-0.15, -0.1) is 0 Å². The van der Waals surface area contributed by atoms with Gasteiger partial charge in [-0.1, -0.05) is 45.5 Å². The van der Waals surface area contributed by atoms with Crippen LogP contribution in [0.2, 0.25) is 0 Å². The lowest BCUT2D eigenvalue weighted by molar-refractivity contribution is -0.124. The fraction of sp³-hybridized carbons (Fsp3) is 0.485. The smallest absolute Gasteiger partial charge is 0.253 e. The molecule has 1 unspecified atom stereocenters. The lowest BCUT2D eigenvalue weighted by Gasteiger charge is -2.34. The van der Waals surface area contributed by atoms with Gasteiger partial charge in [-0.3, -0.25) is 14.6 Å². The summed E-state index contributed by atoms with van der Waals surface area (Å²) in [6.07, 6.45) is 3.95. The van der Waals surface area contributed by atoms with Crippen LogP contribution in [0, 0.1) is 6.92 Å². The molecule has 0 radical (unpaired) electrons. The van der Waals surface area contributed by atoms with Crippen molar-refractivity contribution >= 4 is 28.6 Å². The third kappa shape index (κ3) is 8.76. The maximum atomic E-state index is 13.2. The molecule has 1 fully saturated rings. The second-order valence-electron chi connectivity index (χ2n) is 10.4. The first kappa shape index (κ1) is 34.0. The third-order valence-corrected chi connectivity index (χ3v) is 9.04. The van der Waals surface area contributed by atoms with E-state index in [0.717, 1.165) is 28.9 Å². The van der Waals surface area contributed by atoms with Gasteiger partial charge >= 0.3 is 0 Å². The molecule has 2 aliphatic rings. The van der Waals surface area contributed by atoms with E-state index < -0.39 is 16.5 Å². The SMILES string of the molecule is C=COCCN(C)C(=O)c1ccc(CCS(=O)N2CCC3(CC2)N=C(c2cccc(OCCC)c2)NC3=O)c(C)c1.CC. The molecule has 10 heteroatoms. The zero-order chi connectivity index (χ0) is 31.4. The average Bonchev–Trinajstić information content (AvgIpc) is 3.35. The Bertz CT molecular complexity index is 1320. The van der Waals surface area contributed by atoms with E-state index in [2.05, 4.69) is 18.8 Å². The van der Waals surface area contributed by atoms with Gasteiger partial charge < -0.3 is 19.7 Å². The van der Waals surface area contributed by atoms with Crippen LogP contribution in [0.1, 0.15) is 67.1 Å². The molecule has 1 saturated heterocycles. The minimum atomic E-state index is -1.18. The van der Waals surface area contributed by atoms with Gasteiger partial charge in [0.25, 0.3) is 11.8 Å². The van der Waals surface area contributed by atoms with Gasteiger partial charge in [0, 0.05) is 37.0 Å². The standard InChI is InChI=1S/C31H40N4O5S.C2H6/c1-5-18-40-27-9-7-8-25(22-27)28-32-30(37)31(33-28)13-15-35(16-14-31)41(38)20-12-24-10-11-26(21-23(24)3)29(36)34(4)17-19-39-6-2;1-2/h6-11,21-22H,2,5,12-20H2,1,3-4H3,(H,32,33,37);1-2H3. The average molecular weight is 611 g/mol. The number of aryl methyl sites for hydroxylation is 2. The summed E-state index contributed by atoms with van der Waals surface area (Å²) < 4.78 is 26.0. The molecule has 234 valence electrons. The molecule has 2 aromatic carbocycles. The molecular formula is C33H46N4O5S. The Hall–Kier alpha value is -3.50. The number of nitrogens with one attached hydrogen (secondary N) is 1. The number of aliphatic imine (C=N–C) groups is 1. The van der Waals surface area contributed by atoms with Crippen LogP contribution in [0.3, 0.4) is 0 Å². The van der Waals surface area contributed by atoms with Crippen LogP contribution in [-0.4, -0.2) is 82.3 Å². The topological polar surface area (TPSA) is 101 Å². The van der Waals surface area contributed by atoms with Gasteiger partial charge in [-0.05, 0) is 68.0 Å². The van der Waals surface area contributed by atoms with Crippen LogP contribution in [0.4, 0.5) is 0 Å². The molecule has 2 heterocycles. The summed E-state index contributed by atoms with van der Waals surface area (Å²) in [6, 6.07) is 13.3. The molecule has 4 rings (SSSR count). The summed E-state index contributed by atoms with van der Waals surface area (Å²) in [4.78, 5) is 32.2. The molecule has 1 spiro atoms. The number of likely N-dealkylation sites (N-methyl/N-ethyl adjacent to an activating group) is 1. The van der Waals surface area contributed by atoms with E-state index >= 15 is 0 Å². The zero-order valence-corrected chi connectivity index (χ0v) is 27.0. The number of benzene rings is 2. The second kappa shape index (κ2) is 16.4. The van der Waals surface area contributed by atoms with Crippen molar-refractivity contribution in [2.75, 3.05) is 45.6 Å². The molecule has 2 aromatic rings. The Labute approximate surface area is 258 Å². The van der Waals surface area contributed by atoms with Crippen LogP contribution in [-0.2, 0) is 26.9 Å². The zero-order valence-electron chi connectivity index (χ0n) is 26.2. The van der Waals surface area contributed by atoms with Crippen molar-refractivity contribution in [2.24, 2.45) is 4.99 Å². The van der Waals surface area contributed by atoms with Crippen molar-refractivity contribution in [2.45, 2.75) is 58.9 Å². The first-order valence-corrected chi connectivity index (χ1v) is 16.4. The van der Waals surface area contributed by atoms with Crippen molar-refractivity contribution in [1.29, 1.82) is 0 Å². The number of nitrogens with zero attached hydrogens (tertiary/aromatic N) is 3. The predicted molar refractivity (Wildman–Crippen MR) is 173 cm³/mol. The van der Waals surface area contributed by atoms with Gasteiger partial charge in [0.1, 0.15) is 23.7 Å². The highest BCUT2D eigenvalue weighted by molar-refractivity contribution is 7.82. The fourth-order valence-corrected chi connectivity index (χ4v) is 6.28. The van der Waals surface area contributed by atoms with E-state index in [1.807, 2.05) is 67.5 Å². The van der Waals surface area contributed by atoms with Gasteiger partial charge in [0.2, 0.25) is 0 Å². The van der Waals surface area contributed by atoms with Crippen molar-refractivity contribution in [3.05, 3.63) is 77.6 Å². The number of amides is 2. The molecule has 2 amide bonds. The quantitative estimate of drug-likeness (QED) is 0.263. The molecular weight excluding hydrogens is 564 g/mol. The molecule has 0 saturated carbocycles. The third-order valence-electron chi connectivity index (χ3n) is 7.54. The minimum Gasteiger partial charge on any atom is -0.500 e. The molecule has 2 aliphatic heterocycles. The van der Waals surface area contributed by atoms with Gasteiger partial charge in [0.15, 0.2) is 0 Å². The van der Waals surface area contributed by atoms with Crippen molar-refractivity contribution < 1.29 is 23.3 Å². The number of ether oxygens (including phenoxy) is 2. The summed E-state index contributed by atoms with van der Waals surface area (Å²) >= 11 is 0. The number of piperidine rings is 1. The van der Waals surface area contributed by atoms with Crippen LogP contribution in [0.25, 0.3) is 0 Å². The largest absolute Gasteiger partial charge is 0.500 e. The van der Waals surface area contributed by atoms with E-state index in [0.29, 0.717) is 69.3 Å². The molecule has 43 heavy (non-hydrogen) atoms. The monoisotopic (exact) mass is 610 g/mol. The lowest BCUT2D eigenvalue weighted by Crippen LogP contribution is -2.49. The second-order valence-corrected chi connectivity index (χ2v) is 12.0. The number of carbonyl (C=O) groups is 2. The highest BCUT2D eigenvalue weighted by atomic mass is 32.2. The highest BCUT2D eigenvalue weighted by Crippen LogP contribution is 2.32. The maximum absolute atomic E-state index is 13.2. The van der Waals surface area contributed by atoms with E-state index in [1.165, 1.54) is 6.26 Å². The Balaban J connectivity index is 0.00000248. The normalized spacial score (nSPS) is 16.4. The number of amidine groups is 1. The maximum Gasteiger partial charge on any atom is 0.253 e. The highest BCUT2D eigenvalue weighted by Gasteiger charge is 2.46. The molecule has 9 nitrogen and oxygen atoms in total. The Morgan fingerprint density at radius 2 is 1.93 bits per heavy atom. The van der Waals surface area contributed by atoms with Crippen LogP contribution in [0.15, 0.2) is 60.3 Å². The molecule has 0 aliphatic carbocycles. The number of hydrogen-bond acceptors (Lipinski definition) is 6. The van der Waals surface area contributed by atoms with Crippen LogP contribution in [0.5, 0.6) is 5.75 Å². The Morgan fingerprint density at radius 1 is 1.19 bits per heavy atom. The summed E-state index contributed by atoms with van der Waals surface area (Å²) in [6.45, 7) is 14.1. The first-order chi connectivity index (χ1) is 20.8. The van der Waals surface area contributed by atoms with Crippen molar-refractivity contribution in [1.82, 2.24) is 14.5 Å². The van der Waals surface area contributed by atoms with Crippen LogP contribution >= 0.6 is 0 Å². The Morgan fingerprint density at radius 3 is 2.60 bits per heavy atom. The van der Waals surface area contributed by atoms with E-state index in [-0.39, 0.29) is 11.8 Å². The Kier molecular flexibility index (Phi) is 12.9. The fourth-order valence-electron chi connectivity index (χ4n) is 5.04. The first-order valence-electron chi connectivity index (χ1n) is 15.1. The van der Waals surface area contributed by atoms with Crippen molar-refractivity contribution in [3.63, 3.8) is 0 Å². The van der Waals surface area contributed by atoms with Gasteiger partial charge in [-0.2, -0.15) is 0 Å². The predicted octanol–water partition coefficient (Wildman–Crippen LogP) is 4.66. The van der Waals surface area contributed by atoms with E-state index in [9.17, 15) is 13.8 Å². The lowest BCUT2D eigenvalue weighted by atomic mass is 9.89. The summed E-state index contributed by atoms with van der Waals surface area (Å²) in [5.74, 6) is 1.63. The van der Waals surface area contributed by atoms with E-state index in [1.54, 1.807) is 11.9 Å². The number of carbonyl (C=O) groups excluding carboxylic acids is 2. The molecule has 0 bridgehead atoms. The molecule has 1 N–H and O–H groups in total. The summed E-state index contributed by atoms with van der Waals surface area (Å²) in [5, 5.41) is 2.97. The summed E-state index contributed by atoms with van der Waals surface area (Å²) in [7, 11) is 0.561. The van der Waals surface area contributed by atoms with Gasteiger partial charge in [-0.25, -0.2) is 8.51 Å².